The van der Waals surface area contributed by atoms with Crippen molar-refractivity contribution < 1.29 is 9.47 Å². The van der Waals surface area contributed by atoms with E-state index >= 15 is 0 Å². The molecule has 0 amide bonds. The van der Waals surface area contributed by atoms with Crippen molar-refractivity contribution in [2.24, 2.45) is 0 Å². The van der Waals surface area contributed by atoms with Gasteiger partial charge in [0.25, 0.3) is 0 Å². The average molecular weight is 179 g/mol. The standard InChI is InChI=1S/C10H13NO2/c11-8-4-3-5-9-10(8)13-7-2-1-6-12-9/h3-5H,1-2,6-7,11H2. The van der Waals surface area contributed by atoms with Gasteiger partial charge >= 0.3 is 0 Å². The van der Waals surface area contributed by atoms with Gasteiger partial charge in [0.2, 0.25) is 0 Å². The highest BCUT2D eigenvalue weighted by Crippen LogP contribution is 2.34. The monoisotopic (exact) mass is 179 g/mol. The summed E-state index contributed by atoms with van der Waals surface area (Å²) in [5.41, 5.74) is 6.41. The third kappa shape index (κ3) is 1.69. The topological polar surface area (TPSA) is 44.5 Å². The zero-order valence-electron chi connectivity index (χ0n) is 7.45. The van der Waals surface area contributed by atoms with E-state index in [0.29, 0.717) is 11.4 Å². The number of para-hydroxylation sites is 1. The number of benzene rings is 1. The third-order valence-corrected chi connectivity index (χ3v) is 2.05. The molecule has 1 aromatic rings. The lowest BCUT2D eigenvalue weighted by atomic mass is 10.2. The predicted molar refractivity (Wildman–Crippen MR) is 51.1 cm³/mol. The molecular weight excluding hydrogens is 166 g/mol. The fourth-order valence-electron chi connectivity index (χ4n) is 1.36. The van der Waals surface area contributed by atoms with Gasteiger partial charge in [-0.3, -0.25) is 0 Å². The smallest absolute Gasteiger partial charge is 0.184 e. The van der Waals surface area contributed by atoms with Gasteiger partial charge in [0.1, 0.15) is 0 Å². The van der Waals surface area contributed by atoms with E-state index in [9.17, 15) is 0 Å². The second kappa shape index (κ2) is 3.56. The molecule has 1 aliphatic rings. The van der Waals surface area contributed by atoms with Crippen molar-refractivity contribution in [2.75, 3.05) is 18.9 Å². The molecule has 1 heterocycles. The SMILES string of the molecule is Nc1cccc2c1OCCCCO2. The quantitative estimate of drug-likeness (QED) is 0.618. The Morgan fingerprint density at radius 1 is 1.08 bits per heavy atom. The zero-order chi connectivity index (χ0) is 9.10. The van der Waals surface area contributed by atoms with E-state index in [-0.39, 0.29) is 0 Å². The first kappa shape index (κ1) is 8.23. The summed E-state index contributed by atoms with van der Waals surface area (Å²) < 4.78 is 11.0. The van der Waals surface area contributed by atoms with E-state index in [2.05, 4.69) is 0 Å². The van der Waals surface area contributed by atoms with Gasteiger partial charge in [-0.15, -0.1) is 0 Å². The van der Waals surface area contributed by atoms with Crippen LogP contribution in [0.15, 0.2) is 18.2 Å². The number of anilines is 1. The number of hydrogen-bond acceptors (Lipinski definition) is 3. The van der Waals surface area contributed by atoms with Gasteiger partial charge in [-0.1, -0.05) is 6.07 Å². The van der Waals surface area contributed by atoms with Crippen LogP contribution in [0.4, 0.5) is 5.69 Å². The first-order valence-corrected chi connectivity index (χ1v) is 4.52. The summed E-state index contributed by atoms with van der Waals surface area (Å²) in [5.74, 6) is 1.46. The Morgan fingerprint density at radius 3 is 2.69 bits per heavy atom. The lowest BCUT2D eigenvalue weighted by Crippen LogP contribution is -2.09. The lowest BCUT2D eigenvalue weighted by molar-refractivity contribution is 0.224. The summed E-state index contributed by atoms with van der Waals surface area (Å²) in [6.07, 6.45) is 2.06. The minimum atomic E-state index is 0.652. The number of rotatable bonds is 0. The van der Waals surface area contributed by atoms with Crippen LogP contribution in [0.5, 0.6) is 11.5 Å². The van der Waals surface area contributed by atoms with Gasteiger partial charge in [0.15, 0.2) is 11.5 Å². The molecule has 2 N–H and O–H groups in total. The van der Waals surface area contributed by atoms with E-state index in [1.54, 1.807) is 0 Å². The Bertz CT molecular complexity index is 299. The second-order valence-electron chi connectivity index (χ2n) is 3.08. The summed E-state index contributed by atoms with van der Waals surface area (Å²) in [7, 11) is 0. The molecule has 3 heteroatoms. The number of ether oxygens (including phenoxy) is 2. The number of hydrogen-bond donors (Lipinski definition) is 1. The van der Waals surface area contributed by atoms with Crippen LogP contribution >= 0.6 is 0 Å². The highest BCUT2D eigenvalue weighted by molar-refractivity contribution is 5.60. The van der Waals surface area contributed by atoms with Crippen LogP contribution in [0, 0.1) is 0 Å². The van der Waals surface area contributed by atoms with Crippen LogP contribution in [-0.4, -0.2) is 13.2 Å². The molecule has 3 nitrogen and oxygen atoms in total. The fraction of sp³-hybridized carbons (Fsp3) is 0.400. The minimum absolute atomic E-state index is 0.652. The number of nitrogens with two attached hydrogens (primary N) is 1. The third-order valence-electron chi connectivity index (χ3n) is 2.05. The summed E-state index contributed by atoms with van der Waals surface area (Å²) in [6.45, 7) is 1.48. The molecule has 0 saturated heterocycles. The van der Waals surface area contributed by atoms with Gasteiger partial charge < -0.3 is 15.2 Å². The van der Waals surface area contributed by atoms with Gasteiger partial charge in [-0.2, -0.15) is 0 Å². The van der Waals surface area contributed by atoms with Crippen molar-refractivity contribution in [3.63, 3.8) is 0 Å². The Balaban J connectivity index is 2.33. The van der Waals surface area contributed by atoms with Gasteiger partial charge in [-0.05, 0) is 25.0 Å². The van der Waals surface area contributed by atoms with Crippen molar-refractivity contribution in [3.05, 3.63) is 18.2 Å². The molecular formula is C10H13NO2. The van der Waals surface area contributed by atoms with Gasteiger partial charge in [0, 0.05) is 0 Å². The largest absolute Gasteiger partial charge is 0.490 e. The van der Waals surface area contributed by atoms with Crippen molar-refractivity contribution in [2.45, 2.75) is 12.8 Å². The highest BCUT2D eigenvalue weighted by Gasteiger charge is 2.10. The van der Waals surface area contributed by atoms with E-state index in [1.165, 1.54) is 0 Å². The normalized spacial score (nSPS) is 16.0. The average Bonchev–Trinajstić information content (AvgIpc) is 2.07. The molecule has 0 fully saturated rings. The first-order valence-electron chi connectivity index (χ1n) is 4.52. The molecule has 70 valence electrons. The molecule has 0 radical (unpaired) electrons. The maximum Gasteiger partial charge on any atom is 0.184 e. The zero-order valence-corrected chi connectivity index (χ0v) is 7.45. The maximum absolute atomic E-state index is 5.76. The van der Waals surface area contributed by atoms with Gasteiger partial charge in [-0.25, -0.2) is 0 Å². The minimum Gasteiger partial charge on any atom is -0.490 e. The van der Waals surface area contributed by atoms with E-state index in [1.807, 2.05) is 18.2 Å². The summed E-state index contributed by atoms with van der Waals surface area (Å²) >= 11 is 0. The first-order chi connectivity index (χ1) is 6.38. The van der Waals surface area contributed by atoms with Crippen LogP contribution in [-0.2, 0) is 0 Å². The number of nitrogen functional groups attached to an aromatic ring is 1. The summed E-state index contributed by atoms with van der Waals surface area (Å²) in [4.78, 5) is 0. The van der Waals surface area contributed by atoms with Crippen molar-refractivity contribution >= 4 is 5.69 Å². The Hall–Kier alpha value is -1.38. The molecule has 1 aliphatic heterocycles. The van der Waals surface area contributed by atoms with Crippen LogP contribution in [0.25, 0.3) is 0 Å². The second-order valence-corrected chi connectivity index (χ2v) is 3.08. The van der Waals surface area contributed by atoms with Crippen LogP contribution in [0.2, 0.25) is 0 Å². The fourth-order valence-corrected chi connectivity index (χ4v) is 1.36. The molecule has 0 atom stereocenters. The van der Waals surface area contributed by atoms with E-state index in [0.717, 1.165) is 31.8 Å². The molecule has 0 unspecified atom stereocenters. The van der Waals surface area contributed by atoms with Crippen molar-refractivity contribution in [1.29, 1.82) is 0 Å². The highest BCUT2D eigenvalue weighted by atomic mass is 16.5. The van der Waals surface area contributed by atoms with Crippen LogP contribution in [0.1, 0.15) is 12.8 Å². The Labute approximate surface area is 77.5 Å². The Morgan fingerprint density at radius 2 is 1.85 bits per heavy atom. The maximum atomic E-state index is 5.76. The van der Waals surface area contributed by atoms with Gasteiger partial charge in [0.05, 0.1) is 18.9 Å². The number of fused-ring (bicyclic) bond motifs is 1. The Kier molecular flexibility index (Phi) is 2.25. The molecule has 1 aromatic carbocycles. The van der Waals surface area contributed by atoms with E-state index in [4.69, 9.17) is 15.2 Å². The molecule has 2 rings (SSSR count). The molecule has 13 heavy (non-hydrogen) atoms. The molecule has 0 bridgehead atoms. The van der Waals surface area contributed by atoms with Crippen molar-refractivity contribution in [3.8, 4) is 11.5 Å². The molecule has 0 spiro atoms. The van der Waals surface area contributed by atoms with Crippen LogP contribution < -0.4 is 15.2 Å². The van der Waals surface area contributed by atoms with Crippen LogP contribution in [0.3, 0.4) is 0 Å². The molecule has 0 saturated carbocycles. The summed E-state index contributed by atoms with van der Waals surface area (Å²) in [5, 5.41) is 0. The van der Waals surface area contributed by atoms with Crippen molar-refractivity contribution in [1.82, 2.24) is 0 Å². The lowest BCUT2D eigenvalue weighted by Gasteiger charge is -2.17. The van der Waals surface area contributed by atoms with E-state index < -0.39 is 0 Å². The molecule has 0 aromatic heterocycles. The predicted octanol–water partition coefficient (Wildman–Crippen LogP) is 1.82. The summed E-state index contributed by atoms with van der Waals surface area (Å²) in [6, 6.07) is 5.58. The molecule has 0 aliphatic carbocycles.